The summed E-state index contributed by atoms with van der Waals surface area (Å²) < 4.78 is 19.5. The van der Waals surface area contributed by atoms with Crippen molar-refractivity contribution >= 4 is 23.7 Å². The van der Waals surface area contributed by atoms with Crippen LogP contribution in [0.25, 0.3) is 0 Å². The van der Waals surface area contributed by atoms with E-state index in [1.807, 2.05) is 0 Å². The van der Waals surface area contributed by atoms with E-state index in [-0.39, 0.29) is 18.8 Å². The lowest BCUT2D eigenvalue weighted by molar-refractivity contribution is -0.163. The number of Topliss-reactive ketones (excluding diaryl/α,β-unsaturated/α-hetero) is 1. The van der Waals surface area contributed by atoms with Crippen LogP contribution in [-0.2, 0) is 33.3 Å². The first-order valence-electron chi connectivity index (χ1n) is 7.65. The summed E-state index contributed by atoms with van der Waals surface area (Å²) in [7, 11) is 1.01. The van der Waals surface area contributed by atoms with Gasteiger partial charge in [0.25, 0.3) is 5.60 Å². The Morgan fingerprint density at radius 3 is 1.88 bits per heavy atom. The average molecular weight is 350 g/mol. The molecule has 25 heavy (non-hydrogen) atoms. The van der Waals surface area contributed by atoms with E-state index in [9.17, 15) is 19.2 Å². The Hall–Kier alpha value is -2.74. The monoisotopic (exact) mass is 350 g/mol. The number of benzene rings is 1. The minimum absolute atomic E-state index is 0.0747. The van der Waals surface area contributed by atoms with Gasteiger partial charge >= 0.3 is 23.5 Å². The molecule has 1 aliphatic rings. The first-order chi connectivity index (χ1) is 11.9. The number of esters is 3. The molecule has 1 saturated heterocycles. The highest BCUT2D eigenvalue weighted by atomic mass is 16.7. The molecule has 0 N–H and O–H groups in total. The Bertz CT molecular complexity index is 698. The number of ketones is 1. The number of carbonyl (C=O) groups is 4. The van der Waals surface area contributed by atoms with Crippen molar-refractivity contribution in [2.24, 2.45) is 0 Å². The fourth-order valence-electron chi connectivity index (χ4n) is 2.54. The van der Waals surface area contributed by atoms with Crippen molar-refractivity contribution in [3.63, 3.8) is 0 Å². The molecule has 0 amide bonds. The van der Waals surface area contributed by atoms with Crippen LogP contribution in [0.1, 0.15) is 24.2 Å². The highest BCUT2D eigenvalue weighted by Crippen LogP contribution is 2.53. The van der Waals surface area contributed by atoms with Gasteiger partial charge in [0.1, 0.15) is 0 Å². The van der Waals surface area contributed by atoms with Crippen LogP contribution in [0.5, 0.6) is 0 Å². The van der Waals surface area contributed by atoms with Gasteiger partial charge in [-0.2, -0.15) is 0 Å². The van der Waals surface area contributed by atoms with Crippen molar-refractivity contribution in [2.45, 2.75) is 25.0 Å². The Kier molecular flexibility index (Phi) is 5.22. The summed E-state index contributed by atoms with van der Waals surface area (Å²) in [6.45, 7) is 2.87. The van der Waals surface area contributed by atoms with Crippen molar-refractivity contribution in [3.05, 3.63) is 35.9 Å². The van der Waals surface area contributed by atoms with Gasteiger partial charge in [-0.05, 0) is 13.8 Å². The predicted octanol–water partition coefficient (Wildman–Crippen LogP) is 0.676. The molecule has 2 atom stereocenters. The lowest BCUT2D eigenvalue weighted by Gasteiger charge is -2.15. The van der Waals surface area contributed by atoms with E-state index in [4.69, 9.17) is 14.2 Å². The average Bonchev–Trinajstić information content (AvgIpc) is 3.34. The van der Waals surface area contributed by atoms with Gasteiger partial charge in [-0.25, -0.2) is 14.4 Å². The summed E-state index contributed by atoms with van der Waals surface area (Å²) in [6.07, 6.45) is 0. The zero-order valence-electron chi connectivity index (χ0n) is 14.1. The van der Waals surface area contributed by atoms with Crippen LogP contribution in [0.3, 0.4) is 0 Å². The summed E-state index contributed by atoms with van der Waals surface area (Å²) >= 11 is 0. The summed E-state index contributed by atoms with van der Waals surface area (Å²) in [6, 6.07) is 7.66. The molecule has 0 aliphatic carbocycles. The summed E-state index contributed by atoms with van der Waals surface area (Å²) in [5.74, 6) is -4.42. The van der Waals surface area contributed by atoms with Crippen molar-refractivity contribution in [1.82, 2.24) is 0 Å². The van der Waals surface area contributed by atoms with Crippen LogP contribution < -0.4 is 0 Å². The highest BCUT2D eigenvalue weighted by Gasteiger charge is 2.90. The predicted molar refractivity (Wildman–Crippen MR) is 82.6 cm³/mol. The van der Waals surface area contributed by atoms with E-state index < -0.39 is 34.9 Å². The van der Waals surface area contributed by atoms with Crippen LogP contribution in [-0.4, -0.2) is 55.2 Å². The number of ether oxygens (including phenoxy) is 4. The van der Waals surface area contributed by atoms with Crippen LogP contribution in [0.4, 0.5) is 0 Å². The molecule has 1 aromatic rings. The number of rotatable bonds is 7. The summed E-state index contributed by atoms with van der Waals surface area (Å²) in [4.78, 5) is 50.1. The van der Waals surface area contributed by atoms with E-state index in [0.29, 0.717) is 0 Å². The topological polar surface area (TPSA) is 109 Å². The Balaban J connectivity index is 2.58. The van der Waals surface area contributed by atoms with E-state index in [0.717, 1.165) is 7.11 Å². The number of hydrogen-bond acceptors (Lipinski definition) is 8. The lowest BCUT2D eigenvalue weighted by atomic mass is 9.85. The first kappa shape index (κ1) is 18.6. The van der Waals surface area contributed by atoms with Gasteiger partial charge in [0.15, 0.2) is 0 Å². The van der Waals surface area contributed by atoms with Gasteiger partial charge in [-0.15, -0.1) is 0 Å². The van der Waals surface area contributed by atoms with Crippen molar-refractivity contribution in [3.8, 4) is 0 Å². The van der Waals surface area contributed by atoms with Gasteiger partial charge in [-0.3, -0.25) is 4.79 Å². The first-order valence-corrected chi connectivity index (χ1v) is 7.65. The molecule has 1 fully saturated rings. The fourth-order valence-corrected chi connectivity index (χ4v) is 2.54. The van der Waals surface area contributed by atoms with E-state index in [1.165, 1.54) is 26.0 Å². The van der Waals surface area contributed by atoms with Gasteiger partial charge < -0.3 is 18.9 Å². The minimum Gasteiger partial charge on any atom is -0.466 e. The molecule has 0 radical (unpaired) electrons. The number of methoxy groups -OCH3 is 1. The summed E-state index contributed by atoms with van der Waals surface area (Å²) in [5.41, 5.74) is -4.91. The van der Waals surface area contributed by atoms with Crippen molar-refractivity contribution in [1.29, 1.82) is 0 Å². The quantitative estimate of drug-likeness (QED) is 0.232. The Morgan fingerprint density at radius 1 is 0.880 bits per heavy atom. The van der Waals surface area contributed by atoms with Crippen LogP contribution >= 0.6 is 0 Å². The normalized spacial score (nSPS) is 24.1. The molecule has 0 saturated carbocycles. The maximum atomic E-state index is 12.9. The molecule has 0 spiro atoms. The molecule has 8 heteroatoms. The fraction of sp³-hybridized carbons (Fsp3) is 0.412. The minimum atomic E-state index is -2.52. The van der Waals surface area contributed by atoms with E-state index in [2.05, 4.69) is 4.74 Å². The molecule has 0 unspecified atom stereocenters. The third-order valence-corrected chi connectivity index (χ3v) is 3.71. The van der Waals surface area contributed by atoms with Crippen LogP contribution in [0.2, 0.25) is 0 Å². The molecule has 8 nitrogen and oxygen atoms in total. The second-order valence-corrected chi connectivity index (χ2v) is 5.09. The van der Waals surface area contributed by atoms with E-state index >= 15 is 0 Å². The number of epoxide rings is 1. The maximum absolute atomic E-state index is 12.9. The zero-order valence-corrected chi connectivity index (χ0v) is 14.1. The second-order valence-electron chi connectivity index (χ2n) is 5.09. The van der Waals surface area contributed by atoms with Crippen LogP contribution in [0, 0.1) is 0 Å². The second kappa shape index (κ2) is 7.02. The van der Waals surface area contributed by atoms with E-state index in [1.54, 1.807) is 18.2 Å². The zero-order chi connectivity index (χ0) is 18.7. The van der Waals surface area contributed by atoms with Crippen molar-refractivity contribution < 1.29 is 38.1 Å². The molecule has 2 rings (SSSR count). The molecule has 0 bridgehead atoms. The van der Waals surface area contributed by atoms with Gasteiger partial charge in [0, 0.05) is 5.56 Å². The third-order valence-electron chi connectivity index (χ3n) is 3.71. The maximum Gasteiger partial charge on any atom is 0.354 e. The molecule has 1 aromatic carbocycles. The SMILES string of the molecule is CCOC(=O)[C@@]1(C(=O)OC)O[C@]1(C(=O)OCC)C(=O)c1ccccc1. The third kappa shape index (κ3) is 2.68. The largest absolute Gasteiger partial charge is 0.466 e. The smallest absolute Gasteiger partial charge is 0.354 e. The number of carbonyl (C=O) groups excluding carboxylic acids is 4. The van der Waals surface area contributed by atoms with Gasteiger partial charge in [0.2, 0.25) is 5.78 Å². The molecule has 1 heterocycles. The standard InChI is InChI=1S/C17H18O8/c1-4-23-14(20)16(12(18)11-9-7-6-8-10-11)17(25-16,13(19)22-3)15(21)24-5-2/h6-10H,4-5H2,1-3H3/t16-,17+/m0/s1. The molecular formula is C17H18O8. The highest BCUT2D eigenvalue weighted by molar-refractivity contribution is 6.30. The molecule has 0 aromatic heterocycles. The lowest BCUT2D eigenvalue weighted by Crippen LogP contribution is -2.51. The molecule has 1 aliphatic heterocycles. The van der Waals surface area contributed by atoms with Crippen molar-refractivity contribution in [2.75, 3.05) is 20.3 Å². The molecule has 134 valence electrons. The summed E-state index contributed by atoms with van der Waals surface area (Å²) in [5, 5.41) is 0. The van der Waals surface area contributed by atoms with Crippen LogP contribution in [0.15, 0.2) is 30.3 Å². The van der Waals surface area contributed by atoms with Gasteiger partial charge in [0.05, 0.1) is 20.3 Å². The van der Waals surface area contributed by atoms with Gasteiger partial charge in [-0.1, -0.05) is 30.3 Å². The molecular weight excluding hydrogens is 332 g/mol. The Morgan fingerprint density at radius 2 is 1.40 bits per heavy atom. The Labute approximate surface area is 144 Å². The number of hydrogen-bond donors (Lipinski definition) is 0.